The van der Waals surface area contributed by atoms with E-state index in [9.17, 15) is 30.8 Å². The van der Waals surface area contributed by atoms with E-state index in [-0.39, 0.29) is 17.2 Å². The summed E-state index contributed by atoms with van der Waals surface area (Å²) in [4.78, 5) is 11.5. The van der Waals surface area contributed by atoms with Crippen molar-refractivity contribution in [2.75, 3.05) is 0 Å². The Morgan fingerprint density at radius 2 is 1.76 bits per heavy atom. The number of rotatable bonds is 7. The molecule has 0 aromatic heterocycles. The molecule has 0 aliphatic heterocycles. The third-order valence-corrected chi connectivity index (χ3v) is 5.91. The van der Waals surface area contributed by atoms with E-state index in [0.717, 1.165) is 18.3 Å². The lowest BCUT2D eigenvalue weighted by Crippen LogP contribution is -2.20. The maximum Gasteiger partial charge on any atom is 0.416 e. The monoisotopic (exact) mass is 514 g/mol. The van der Waals surface area contributed by atoms with Crippen LogP contribution >= 0.6 is 11.6 Å². The number of para-hydroxylation sites is 1. The van der Waals surface area contributed by atoms with Crippen molar-refractivity contribution in [3.63, 3.8) is 0 Å². The summed E-state index contributed by atoms with van der Waals surface area (Å²) in [6.07, 6.45) is -4.26. The zero-order chi connectivity index (χ0) is 24.9. The quantitative estimate of drug-likeness (QED) is 0.209. The molecule has 0 radical (unpaired) electrons. The fourth-order valence-electron chi connectivity index (χ4n) is 2.75. The van der Waals surface area contributed by atoms with Crippen LogP contribution in [-0.2, 0) is 27.5 Å². The predicted molar refractivity (Wildman–Crippen MR) is 117 cm³/mol. The zero-order valence-electron chi connectivity index (χ0n) is 17.0. The minimum absolute atomic E-state index is 0.0449. The van der Waals surface area contributed by atoms with Crippen LogP contribution in [0.25, 0.3) is 0 Å². The number of carbonyl (C=O) groups is 1. The van der Waals surface area contributed by atoms with E-state index < -0.39 is 44.0 Å². The first-order valence-electron chi connectivity index (χ1n) is 9.42. The molecule has 0 bridgehead atoms. The first-order chi connectivity index (χ1) is 16.0. The number of halogens is 5. The number of hydrogen-bond acceptors (Lipinski definition) is 5. The number of nitrogens with one attached hydrogen (secondary N) is 1. The molecule has 1 N–H and O–H groups in total. The van der Waals surface area contributed by atoms with E-state index in [4.69, 9.17) is 15.8 Å². The predicted octanol–water partition coefficient (Wildman–Crippen LogP) is 4.96. The van der Waals surface area contributed by atoms with Crippen molar-refractivity contribution >= 4 is 33.8 Å². The molecular formula is C22H15ClF4N2O4S. The highest BCUT2D eigenvalue weighted by molar-refractivity contribution is 7.87. The number of carbonyl (C=O) groups excluding carboxylic acids is 1. The number of alkyl halides is 3. The Labute approximate surface area is 196 Å². The average molecular weight is 515 g/mol. The topological polar surface area (TPSA) is 84.8 Å². The Morgan fingerprint density at radius 1 is 1.06 bits per heavy atom. The molecule has 0 aliphatic rings. The lowest BCUT2D eigenvalue weighted by molar-refractivity contribution is -0.137. The minimum atomic E-state index is -4.75. The van der Waals surface area contributed by atoms with Crippen molar-refractivity contribution in [2.45, 2.75) is 17.5 Å². The Bertz CT molecular complexity index is 1330. The van der Waals surface area contributed by atoms with Crippen molar-refractivity contribution in [3.8, 4) is 5.75 Å². The van der Waals surface area contributed by atoms with Crippen molar-refractivity contribution in [3.05, 3.63) is 94.3 Å². The van der Waals surface area contributed by atoms with E-state index >= 15 is 0 Å². The van der Waals surface area contributed by atoms with Gasteiger partial charge in [-0.25, -0.2) is 9.82 Å². The van der Waals surface area contributed by atoms with Gasteiger partial charge in [0, 0.05) is 5.56 Å². The van der Waals surface area contributed by atoms with E-state index in [2.05, 4.69) is 10.5 Å². The Kier molecular flexibility index (Phi) is 7.57. The average Bonchev–Trinajstić information content (AvgIpc) is 2.76. The first-order valence-corrected chi connectivity index (χ1v) is 11.2. The smallest absolute Gasteiger partial charge is 0.379 e. The molecule has 0 atom stereocenters. The number of nitrogens with zero attached hydrogens (tertiary/aromatic N) is 1. The van der Waals surface area contributed by atoms with Gasteiger partial charge in [0.15, 0.2) is 0 Å². The minimum Gasteiger partial charge on any atom is -0.379 e. The Balaban J connectivity index is 1.85. The third kappa shape index (κ3) is 6.55. The van der Waals surface area contributed by atoms with Gasteiger partial charge in [0.05, 0.1) is 23.2 Å². The van der Waals surface area contributed by atoms with Gasteiger partial charge in [-0.3, -0.25) is 4.79 Å². The summed E-state index contributed by atoms with van der Waals surface area (Å²) in [6, 6.07) is 12.9. The molecule has 3 aromatic rings. The van der Waals surface area contributed by atoms with E-state index in [0.29, 0.717) is 17.7 Å². The van der Waals surface area contributed by atoms with Crippen LogP contribution in [0.5, 0.6) is 5.75 Å². The summed E-state index contributed by atoms with van der Waals surface area (Å²) < 4.78 is 83.1. The summed E-state index contributed by atoms with van der Waals surface area (Å²) >= 11 is 5.65. The Hall–Kier alpha value is -3.44. The standard InChI is InChI=1S/C22H15ClF4N2O4S/c23-18-10-14(6-8-19(18)24)11-21(30)29-28-13-15-12-16(22(25,26)27)7-9-20(15)34(31,32)33-17-4-2-1-3-5-17/h1-10,12-13H,11H2,(H,29,30)/b28-13+. The summed E-state index contributed by atoms with van der Waals surface area (Å²) in [5.74, 6) is -1.41. The molecule has 0 saturated carbocycles. The van der Waals surface area contributed by atoms with Gasteiger partial charge in [0.1, 0.15) is 16.5 Å². The van der Waals surface area contributed by atoms with Crippen LogP contribution < -0.4 is 9.61 Å². The van der Waals surface area contributed by atoms with Gasteiger partial charge in [0.25, 0.3) is 0 Å². The molecule has 1 amide bonds. The molecule has 34 heavy (non-hydrogen) atoms. The highest BCUT2D eigenvalue weighted by Gasteiger charge is 2.32. The molecular weight excluding hydrogens is 500 g/mol. The summed E-state index contributed by atoms with van der Waals surface area (Å²) in [7, 11) is -4.54. The van der Waals surface area contributed by atoms with Crippen LogP contribution in [0.3, 0.4) is 0 Å². The molecule has 12 heteroatoms. The fourth-order valence-corrected chi connectivity index (χ4v) is 4.04. The molecule has 0 saturated heterocycles. The summed E-state index contributed by atoms with van der Waals surface area (Å²) in [5.41, 5.74) is 0.849. The maximum atomic E-state index is 13.2. The lowest BCUT2D eigenvalue weighted by Gasteiger charge is -2.12. The molecule has 0 fully saturated rings. The second-order valence-electron chi connectivity index (χ2n) is 6.82. The highest BCUT2D eigenvalue weighted by atomic mass is 35.5. The number of hydrazone groups is 1. The third-order valence-electron chi connectivity index (χ3n) is 4.30. The van der Waals surface area contributed by atoms with Gasteiger partial charge >= 0.3 is 16.3 Å². The zero-order valence-corrected chi connectivity index (χ0v) is 18.6. The maximum absolute atomic E-state index is 13.2. The van der Waals surface area contributed by atoms with Crippen LogP contribution in [0.4, 0.5) is 17.6 Å². The molecule has 0 aliphatic carbocycles. The second-order valence-corrected chi connectivity index (χ2v) is 8.74. The normalized spacial score (nSPS) is 12.0. The second kappa shape index (κ2) is 10.2. The van der Waals surface area contributed by atoms with Crippen molar-refractivity contribution < 1.29 is 35.0 Å². The summed E-state index contributed by atoms with van der Waals surface area (Å²) in [6.45, 7) is 0. The highest BCUT2D eigenvalue weighted by Crippen LogP contribution is 2.32. The number of benzene rings is 3. The lowest BCUT2D eigenvalue weighted by atomic mass is 10.1. The summed E-state index contributed by atoms with van der Waals surface area (Å²) in [5, 5.41) is 3.37. The van der Waals surface area contributed by atoms with Crippen LogP contribution in [0, 0.1) is 5.82 Å². The van der Waals surface area contributed by atoms with Crippen molar-refractivity contribution in [2.24, 2.45) is 5.10 Å². The Morgan fingerprint density at radius 3 is 2.41 bits per heavy atom. The van der Waals surface area contributed by atoms with Gasteiger partial charge in [-0.1, -0.05) is 35.9 Å². The van der Waals surface area contributed by atoms with Crippen LogP contribution in [0.15, 0.2) is 76.7 Å². The molecule has 3 rings (SSSR count). The van der Waals surface area contributed by atoms with Gasteiger partial charge < -0.3 is 4.18 Å². The van der Waals surface area contributed by atoms with Gasteiger partial charge in [-0.2, -0.15) is 26.7 Å². The van der Waals surface area contributed by atoms with E-state index in [1.54, 1.807) is 6.07 Å². The van der Waals surface area contributed by atoms with E-state index in [1.165, 1.54) is 36.4 Å². The van der Waals surface area contributed by atoms with Gasteiger partial charge in [-0.15, -0.1) is 0 Å². The van der Waals surface area contributed by atoms with E-state index in [1.807, 2.05) is 0 Å². The first kappa shape index (κ1) is 25.2. The van der Waals surface area contributed by atoms with Crippen LogP contribution in [-0.4, -0.2) is 20.5 Å². The molecule has 178 valence electrons. The van der Waals surface area contributed by atoms with Crippen LogP contribution in [0.1, 0.15) is 16.7 Å². The molecule has 0 heterocycles. The number of amides is 1. The van der Waals surface area contributed by atoms with Gasteiger partial charge in [-0.05, 0) is 48.0 Å². The van der Waals surface area contributed by atoms with Gasteiger partial charge in [0.2, 0.25) is 5.91 Å². The largest absolute Gasteiger partial charge is 0.416 e. The SMILES string of the molecule is O=C(Cc1ccc(F)c(Cl)c1)N/N=C/c1cc(C(F)(F)F)ccc1S(=O)(=O)Oc1ccccc1. The number of hydrogen-bond donors (Lipinski definition) is 1. The molecule has 0 unspecified atom stereocenters. The molecule has 3 aromatic carbocycles. The van der Waals surface area contributed by atoms with Crippen molar-refractivity contribution in [1.29, 1.82) is 0 Å². The van der Waals surface area contributed by atoms with Crippen LogP contribution in [0.2, 0.25) is 5.02 Å². The fraction of sp³-hybridized carbons (Fsp3) is 0.0909. The van der Waals surface area contributed by atoms with Crippen molar-refractivity contribution in [1.82, 2.24) is 5.43 Å². The molecule has 0 spiro atoms. The molecule has 6 nitrogen and oxygen atoms in total.